The third-order valence-corrected chi connectivity index (χ3v) is 3.90. The number of amidine groups is 1. The number of anilines is 1. The zero-order chi connectivity index (χ0) is 14.9. The van der Waals surface area contributed by atoms with E-state index in [1.165, 1.54) is 0 Å². The molecular formula is C14H19F2N3O. The van der Waals surface area contributed by atoms with Gasteiger partial charge in [0.15, 0.2) is 5.84 Å². The second-order valence-electron chi connectivity index (χ2n) is 5.51. The molecule has 6 heteroatoms. The fourth-order valence-electron chi connectivity index (χ4n) is 2.61. The van der Waals surface area contributed by atoms with Crippen molar-refractivity contribution >= 4 is 11.5 Å². The van der Waals surface area contributed by atoms with E-state index in [0.29, 0.717) is 24.9 Å². The molecule has 4 nitrogen and oxygen atoms in total. The van der Waals surface area contributed by atoms with Gasteiger partial charge in [-0.3, -0.25) is 0 Å². The van der Waals surface area contributed by atoms with E-state index >= 15 is 0 Å². The van der Waals surface area contributed by atoms with Crippen LogP contribution in [-0.2, 0) is 0 Å². The molecule has 110 valence electrons. The highest BCUT2D eigenvalue weighted by Crippen LogP contribution is 2.32. The summed E-state index contributed by atoms with van der Waals surface area (Å²) in [6, 6.07) is 2.19. The molecule has 1 atom stereocenters. The summed E-state index contributed by atoms with van der Waals surface area (Å²) >= 11 is 0. The Kier molecular flexibility index (Phi) is 4.11. The van der Waals surface area contributed by atoms with E-state index in [2.05, 4.69) is 19.0 Å². The van der Waals surface area contributed by atoms with Crippen LogP contribution in [0.15, 0.2) is 17.3 Å². The summed E-state index contributed by atoms with van der Waals surface area (Å²) in [5.74, 6) is -0.747. The molecule has 0 aliphatic carbocycles. The van der Waals surface area contributed by atoms with Crippen LogP contribution in [-0.4, -0.2) is 24.1 Å². The Bertz CT molecular complexity index is 508. The maximum absolute atomic E-state index is 14.1. The molecule has 1 aromatic carbocycles. The highest BCUT2D eigenvalue weighted by molar-refractivity contribution is 5.97. The van der Waals surface area contributed by atoms with E-state index in [1.54, 1.807) is 4.90 Å². The Balaban J connectivity index is 2.30. The summed E-state index contributed by atoms with van der Waals surface area (Å²) in [6.45, 7) is 5.51. The SMILES string of the molecule is CC(C)C1CCN(c2c(F)cc(C(N)=NO)cc2F)C1. The van der Waals surface area contributed by atoms with Crippen molar-refractivity contribution in [3.8, 4) is 0 Å². The Labute approximate surface area is 116 Å². The molecule has 0 saturated carbocycles. The predicted octanol–water partition coefficient (Wildman–Crippen LogP) is 2.54. The Hall–Kier alpha value is -1.85. The number of hydrogen-bond acceptors (Lipinski definition) is 3. The lowest BCUT2D eigenvalue weighted by Crippen LogP contribution is -2.24. The monoisotopic (exact) mass is 283 g/mol. The van der Waals surface area contributed by atoms with Crippen molar-refractivity contribution < 1.29 is 14.0 Å². The smallest absolute Gasteiger partial charge is 0.170 e. The highest BCUT2D eigenvalue weighted by atomic mass is 19.1. The van der Waals surface area contributed by atoms with Crippen LogP contribution in [0, 0.1) is 23.5 Å². The summed E-state index contributed by atoms with van der Waals surface area (Å²) in [5.41, 5.74) is 5.36. The molecule has 1 fully saturated rings. The van der Waals surface area contributed by atoms with Crippen LogP contribution in [0.3, 0.4) is 0 Å². The van der Waals surface area contributed by atoms with Crippen LogP contribution in [0.5, 0.6) is 0 Å². The van der Waals surface area contributed by atoms with E-state index in [1.807, 2.05) is 0 Å². The Morgan fingerprint density at radius 1 is 1.40 bits per heavy atom. The summed E-state index contributed by atoms with van der Waals surface area (Å²) in [7, 11) is 0. The van der Waals surface area contributed by atoms with Crippen molar-refractivity contribution in [1.82, 2.24) is 0 Å². The number of oxime groups is 1. The number of benzene rings is 1. The first-order valence-electron chi connectivity index (χ1n) is 6.66. The quantitative estimate of drug-likeness (QED) is 0.388. The summed E-state index contributed by atoms with van der Waals surface area (Å²) in [4.78, 5) is 1.73. The lowest BCUT2D eigenvalue weighted by molar-refractivity contribution is 0.318. The van der Waals surface area contributed by atoms with Gasteiger partial charge in [-0.15, -0.1) is 0 Å². The molecule has 0 radical (unpaired) electrons. The predicted molar refractivity (Wildman–Crippen MR) is 74.0 cm³/mol. The molecule has 0 spiro atoms. The molecule has 3 N–H and O–H groups in total. The molecule has 1 unspecified atom stereocenters. The molecule has 0 bridgehead atoms. The van der Waals surface area contributed by atoms with Gasteiger partial charge < -0.3 is 15.8 Å². The van der Waals surface area contributed by atoms with E-state index in [4.69, 9.17) is 10.9 Å². The standard InChI is InChI=1S/C14H19F2N3O/c1-8(2)9-3-4-19(7-9)13-11(15)5-10(6-12(13)16)14(17)18-20/h5-6,8-9,20H,3-4,7H2,1-2H3,(H2,17,18). The summed E-state index contributed by atoms with van der Waals surface area (Å²) < 4.78 is 28.2. The minimum absolute atomic E-state index is 0.0253. The van der Waals surface area contributed by atoms with Gasteiger partial charge in [0.2, 0.25) is 0 Å². The van der Waals surface area contributed by atoms with Crippen LogP contribution in [0.1, 0.15) is 25.8 Å². The largest absolute Gasteiger partial charge is 0.409 e. The first-order chi connectivity index (χ1) is 9.43. The minimum Gasteiger partial charge on any atom is -0.409 e. The number of nitrogens with zero attached hydrogens (tertiary/aromatic N) is 2. The third kappa shape index (κ3) is 2.69. The second kappa shape index (κ2) is 5.64. The number of rotatable bonds is 3. The zero-order valence-electron chi connectivity index (χ0n) is 11.6. The van der Waals surface area contributed by atoms with Crippen molar-refractivity contribution in [2.24, 2.45) is 22.7 Å². The van der Waals surface area contributed by atoms with Gasteiger partial charge in [0, 0.05) is 18.7 Å². The number of halogens is 2. The fourth-order valence-corrected chi connectivity index (χ4v) is 2.61. The Morgan fingerprint density at radius 3 is 2.45 bits per heavy atom. The highest BCUT2D eigenvalue weighted by Gasteiger charge is 2.28. The maximum Gasteiger partial charge on any atom is 0.170 e. The average Bonchev–Trinajstić information content (AvgIpc) is 2.86. The van der Waals surface area contributed by atoms with Gasteiger partial charge in [0.25, 0.3) is 0 Å². The first-order valence-corrected chi connectivity index (χ1v) is 6.66. The van der Waals surface area contributed by atoms with Gasteiger partial charge in [-0.2, -0.15) is 0 Å². The second-order valence-corrected chi connectivity index (χ2v) is 5.51. The molecule has 1 heterocycles. The molecule has 0 amide bonds. The van der Waals surface area contributed by atoms with Crippen LogP contribution < -0.4 is 10.6 Å². The lowest BCUT2D eigenvalue weighted by atomic mass is 9.95. The van der Waals surface area contributed by atoms with Gasteiger partial charge in [0.1, 0.15) is 17.3 Å². The first kappa shape index (κ1) is 14.6. The third-order valence-electron chi connectivity index (χ3n) is 3.90. The van der Waals surface area contributed by atoms with Gasteiger partial charge >= 0.3 is 0 Å². The van der Waals surface area contributed by atoms with Crippen molar-refractivity contribution in [1.29, 1.82) is 0 Å². The Morgan fingerprint density at radius 2 is 2.00 bits per heavy atom. The zero-order valence-corrected chi connectivity index (χ0v) is 11.6. The molecule has 0 aromatic heterocycles. The van der Waals surface area contributed by atoms with Crippen LogP contribution >= 0.6 is 0 Å². The van der Waals surface area contributed by atoms with E-state index in [0.717, 1.165) is 18.6 Å². The summed E-state index contributed by atoms with van der Waals surface area (Å²) in [6.07, 6.45) is 0.929. The van der Waals surface area contributed by atoms with Crippen LogP contribution in [0.2, 0.25) is 0 Å². The number of hydrogen-bond donors (Lipinski definition) is 2. The van der Waals surface area contributed by atoms with Crippen LogP contribution in [0.25, 0.3) is 0 Å². The maximum atomic E-state index is 14.1. The molecule has 2 rings (SSSR count). The molecule has 1 aliphatic rings. The van der Waals surface area contributed by atoms with Crippen molar-refractivity contribution in [2.45, 2.75) is 20.3 Å². The van der Waals surface area contributed by atoms with Crippen molar-refractivity contribution in [2.75, 3.05) is 18.0 Å². The van der Waals surface area contributed by atoms with Gasteiger partial charge in [0.05, 0.1) is 0 Å². The van der Waals surface area contributed by atoms with Gasteiger partial charge in [-0.05, 0) is 30.4 Å². The fraction of sp³-hybridized carbons (Fsp3) is 0.500. The van der Waals surface area contributed by atoms with E-state index in [-0.39, 0.29) is 17.1 Å². The lowest BCUT2D eigenvalue weighted by Gasteiger charge is -2.21. The van der Waals surface area contributed by atoms with Crippen LogP contribution in [0.4, 0.5) is 14.5 Å². The molecule has 1 aromatic rings. The molecule has 20 heavy (non-hydrogen) atoms. The molecule has 1 saturated heterocycles. The van der Waals surface area contributed by atoms with Gasteiger partial charge in [-0.25, -0.2) is 8.78 Å². The van der Waals surface area contributed by atoms with E-state index < -0.39 is 11.6 Å². The number of nitrogens with two attached hydrogens (primary N) is 1. The van der Waals surface area contributed by atoms with Crippen molar-refractivity contribution in [3.63, 3.8) is 0 Å². The average molecular weight is 283 g/mol. The molecule has 1 aliphatic heterocycles. The van der Waals surface area contributed by atoms with Crippen molar-refractivity contribution in [3.05, 3.63) is 29.3 Å². The van der Waals surface area contributed by atoms with E-state index in [9.17, 15) is 8.78 Å². The summed E-state index contributed by atoms with van der Waals surface area (Å²) in [5, 5.41) is 11.3. The normalized spacial score (nSPS) is 19.9. The topological polar surface area (TPSA) is 61.8 Å². The van der Waals surface area contributed by atoms with Gasteiger partial charge in [-0.1, -0.05) is 19.0 Å². The molecular weight excluding hydrogens is 264 g/mol. The minimum atomic E-state index is -0.684.